The number of amides is 3. The van der Waals surface area contributed by atoms with E-state index in [0.717, 1.165) is 30.9 Å². The summed E-state index contributed by atoms with van der Waals surface area (Å²) < 4.78 is -0.710. The Morgan fingerprint density at radius 2 is 1.74 bits per heavy atom. The standard InChI is InChI=1S/C30H42N4O4S/c1-7-17-31(6)27(36)24-23-15-16-30(39-23)25(24)28(37)34(20(5)19-35)26(30)29(38)33(18-8-2)22-13-11-21(12-14-22)32(9-3)10-4/h7-8,11-14,20,23-26,35H,1-2,9-10,15-19H2,3-6H3/t20-,23-,24+,25+,26?,30?/m1/s1. The van der Waals surface area contributed by atoms with E-state index >= 15 is 0 Å². The molecule has 1 N–H and O–H groups in total. The summed E-state index contributed by atoms with van der Waals surface area (Å²) in [6.07, 6.45) is 4.83. The molecule has 3 aliphatic heterocycles. The molecule has 3 heterocycles. The van der Waals surface area contributed by atoms with Gasteiger partial charge < -0.3 is 24.7 Å². The molecule has 3 amide bonds. The van der Waals surface area contributed by atoms with E-state index in [2.05, 4.69) is 31.9 Å². The topological polar surface area (TPSA) is 84.4 Å². The summed E-state index contributed by atoms with van der Waals surface area (Å²) in [6, 6.07) is 6.58. The van der Waals surface area contributed by atoms with E-state index in [-0.39, 0.29) is 36.1 Å². The molecule has 0 aliphatic carbocycles. The van der Waals surface area contributed by atoms with Crippen molar-refractivity contribution in [3.05, 3.63) is 49.6 Å². The van der Waals surface area contributed by atoms with Crippen LogP contribution in [0.25, 0.3) is 0 Å². The maximum atomic E-state index is 14.6. The van der Waals surface area contributed by atoms with Gasteiger partial charge >= 0.3 is 0 Å². The predicted molar refractivity (Wildman–Crippen MR) is 158 cm³/mol. The Morgan fingerprint density at radius 3 is 2.31 bits per heavy atom. The highest BCUT2D eigenvalue weighted by molar-refractivity contribution is 8.02. The quantitative estimate of drug-likeness (QED) is 0.400. The highest BCUT2D eigenvalue weighted by atomic mass is 32.2. The molecule has 8 nitrogen and oxygen atoms in total. The number of aliphatic hydroxyl groups excluding tert-OH is 1. The summed E-state index contributed by atoms with van der Waals surface area (Å²) in [4.78, 5) is 49.3. The van der Waals surface area contributed by atoms with E-state index in [4.69, 9.17) is 0 Å². The van der Waals surface area contributed by atoms with Crippen molar-refractivity contribution in [3.63, 3.8) is 0 Å². The summed E-state index contributed by atoms with van der Waals surface area (Å²) in [7, 11) is 1.73. The van der Waals surface area contributed by atoms with Crippen molar-refractivity contribution in [3.8, 4) is 0 Å². The number of aliphatic hydroxyl groups is 1. The normalized spacial score (nSPS) is 27.7. The fraction of sp³-hybridized carbons (Fsp3) is 0.567. The molecule has 3 aliphatic rings. The highest BCUT2D eigenvalue weighted by Crippen LogP contribution is 2.67. The molecule has 6 atom stereocenters. The SMILES string of the molecule is C=CCN(C)C(=O)[C@@H]1[C@H]2C(=O)N([C@H](C)CO)C(C(=O)N(CC=C)c3ccc(N(CC)CC)cc3)C23CC[C@H]1S3. The number of likely N-dealkylation sites (tertiary alicyclic amines) is 1. The van der Waals surface area contributed by atoms with Gasteiger partial charge in [0.15, 0.2) is 0 Å². The van der Waals surface area contributed by atoms with Gasteiger partial charge in [-0.25, -0.2) is 0 Å². The lowest BCUT2D eigenvalue weighted by Crippen LogP contribution is -2.57. The second-order valence-corrected chi connectivity index (χ2v) is 12.4. The van der Waals surface area contributed by atoms with Gasteiger partial charge in [-0.05, 0) is 57.9 Å². The highest BCUT2D eigenvalue weighted by Gasteiger charge is 2.74. The molecular formula is C30H42N4O4S. The lowest BCUT2D eigenvalue weighted by atomic mass is 9.70. The molecular weight excluding hydrogens is 512 g/mol. The third-order valence-electron chi connectivity index (χ3n) is 8.64. The predicted octanol–water partition coefficient (Wildman–Crippen LogP) is 3.17. The number of rotatable bonds is 12. The number of carbonyl (C=O) groups is 3. The molecule has 2 bridgehead atoms. The second kappa shape index (κ2) is 11.8. The van der Waals surface area contributed by atoms with Gasteiger partial charge in [-0.2, -0.15) is 0 Å². The van der Waals surface area contributed by atoms with Gasteiger partial charge in [0.2, 0.25) is 11.8 Å². The van der Waals surface area contributed by atoms with Crippen molar-refractivity contribution in [2.24, 2.45) is 11.8 Å². The molecule has 0 radical (unpaired) electrons. The lowest BCUT2D eigenvalue weighted by Gasteiger charge is -2.39. The minimum atomic E-state index is -0.780. The first-order valence-corrected chi connectivity index (χ1v) is 14.8. The number of nitrogens with zero attached hydrogens (tertiary/aromatic N) is 4. The van der Waals surface area contributed by atoms with Crippen molar-refractivity contribution in [2.45, 2.75) is 55.7 Å². The van der Waals surface area contributed by atoms with Crippen molar-refractivity contribution in [1.82, 2.24) is 9.80 Å². The molecule has 0 aromatic heterocycles. The van der Waals surface area contributed by atoms with Gasteiger partial charge in [-0.3, -0.25) is 14.4 Å². The first-order valence-electron chi connectivity index (χ1n) is 13.9. The summed E-state index contributed by atoms with van der Waals surface area (Å²) in [6.45, 7) is 15.8. The Balaban J connectivity index is 1.74. The third-order valence-corrected chi connectivity index (χ3v) is 10.6. The molecule has 1 aromatic carbocycles. The number of carbonyl (C=O) groups excluding carboxylic acids is 3. The first-order chi connectivity index (χ1) is 18.7. The zero-order chi connectivity index (χ0) is 28.5. The molecule has 9 heteroatoms. The van der Waals surface area contributed by atoms with Crippen LogP contribution in [-0.4, -0.2) is 94.5 Å². The largest absolute Gasteiger partial charge is 0.394 e. The van der Waals surface area contributed by atoms with Crippen LogP contribution in [0.3, 0.4) is 0 Å². The minimum absolute atomic E-state index is 0.0122. The Bertz CT molecular complexity index is 1110. The van der Waals surface area contributed by atoms with Crippen LogP contribution in [0.15, 0.2) is 49.6 Å². The minimum Gasteiger partial charge on any atom is -0.394 e. The molecule has 4 rings (SSSR count). The van der Waals surface area contributed by atoms with Crippen molar-refractivity contribution >= 4 is 40.9 Å². The number of likely N-dealkylation sites (N-methyl/N-ethyl adjacent to an activating group) is 1. The molecule has 3 fully saturated rings. The smallest absolute Gasteiger partial charge is 0.251 e. The van der Waals surface area contributed by atoms with Crippen LogP contribution >= 0.6 is 11.8 Å². The Morgan fingerprint density at radius 1 is 1.13 bits per heavy atom. The molecule has 3 saturated heterocycles. The van der Waals surface area contributed by atoms with Crippen molar-refractivity contribution < 1.29 is 19.5 Å². The number of thioether (sulfide) groups is 1. The van der Waals surface area contributed by atoms with E-state index in [1.165, 1.54) is 0 Å². The van der Waals surface area contributed by atoms with E-state index in [0.29, 0.717) is 13.0 Å². The fourth-order valence-corrected chi connectivity index (χ4v) is 8.98. The second-order valence-electron chi connectivity index (χ2n) is 10.8. The van der Waals surface area contributed by atoms with E-state index in [9.17, 15) is 19.5 Å². The Kier molecular flexibility index (Phi) is 8.81. The summed E-state index contributed by atoms with van der Waals surface area (Å²) in [5.41, 5.74) is 1.81. The fourth-order valence-electron chi connectivity index (χ4n) is 6.78. The van der Waals surface area contributed by atoms with Crippen LogP contribution in [0.5, 0.6) is 0 Å². The molecule has 0 saturated carbocycles. The Labute approximate surface area is 236 Å². The van der Waals surface area contributed by atoms with Crippen LogP contribution in [0, 0.1) is 11.8 Å². The summed E-state index contributed by atoms with van der Waals surface area (Å²) in [5, 5.41) is 10.1. The molecule has 2 unspecified atom stereocenters. The average molecular weight is 555 g/mol. The number of fused-ring (bicyclic) bond motifs is 1. The Hall–Kier alpha value is -2.78. The van der Waals surface area contributed by atoms with Gasteiger partial charge in [0.25, 0.3) is 5.91 Å². The van der Waals surface area contributed by atoms with Gasteiger partial charge in [0.05, 0.1) is 29.2 Å². The van der Waals surface area contributed by atoms with E-state index < -0.39 is 28.7 Å². The number of benzene rings is 1. The van der Waals surface area contributed by atoms with Crippen LogP contribution < -0.4 is 9.80 Å². The first kappa shape index (κ1) is 29.2. The van der Waals surface area contributed by atoms with Crippen molar-refractivity contribution in [2.75, 3.05) is 49.6 Å². The maximum absolute atomic E-state index is 14.6. The van der Waals surface area contributed by atoms with Crippen LogP contribution in [-0.2, 0) is 14.4 Å². The monoisotopic (exact) mass is 554 g/mol. The van der Waals surface area contributed by atoms with Crippen LogP contribution in [0.1, 0.15) is 33.6 Å². The molecule has 39 heavy (non-hydrogen) atoms. The molecule has 1 aromatic rings. The average Bonchev–Trinajstić information content (AvgIpc) is 3.59. The summed E-state index contributed by atoms with van der Waals surface area (Å²) in [5.74, 6) is -1.56. The van der Waals surface area contributed by atoms with Gasteiger partial charge in [-0.1, -0.05) is 12.2 Å². The third kappa shape index (κ3) is 4.78. The number of hydrogen-bond donors (Lipinski definition) is 1. The van der Waals surface area contributed by atoms with Gasteiger partial charge in [-0.15, -0.1) is 24.9 Å². The van der Waals surface area contributed by atoms with E-state index in [1.807, 2.05) is 24.3 Å². The lowest BCUT2D eigenvalue weighted by molar-refractivity contribution is -0.144. The zero-order valence-electron chi connectivity index (χ0n) is 23.6. The number of hydrogen-bond acceptors (Lipinski definition) is 6. The van der Waals surface area contributed by atoms with Crippen molar-refractivity contribution in [1.29, 1.82) is 0 Å². The maximum Gasteiger partial charge on any atom is 0.251 e. The number of anilines is 2. The molecule has 212 valence electrons. The zero-order valence-corrected chi connectivity index (χ0v) is 24.4. The summed E-state index contributed by atoms with van der Waals surface area (Å²) >= 11 is 1.64. The van der Waals surface area contributed by atoms with E-state index in [1.54, 1.807) is 52.6 Å². The van der Waals surface area contributed by atoms with Gasteiger partial charge in [0, 0.05) is 49.9 Å². The van der Waals surface area contributed by atoms with Crippen LogP contribution in [0.4, 0.5) is 11.4 Å². The molecule has 1 spiro atoms. The van der Waals surface area contributed by atoms with Gasteiger partial charge in [0.1, 0.15) is 6.04 Å². The van der Waals surface area contributed by atoms with Crippen LogP contribution in [0.2, 0.25) is 0 Å².